The average Bonchev–Trinajstić information content (AvgIpc) is 3.19. The molecular weight excluding hydrogens is 356 g/mol. The van der Waals surface area contributed by atoms with Crippen LogP contribution in [0.25, 0.3) is 16.5 Å². The fraction of sp³-hybridized carbons (Fsp3) is 0.308. The monoisotopic (exact) mass is 388 g/mol. The molecule has 3 rings (SSSR count). The molecule has 3 nitrogen and oxygen atoms in total. The van der Waals surface area contributed by atoms with Gasteiger partial charge in [0.25, 0.3) is 0 Å². The Hall–Kier alpha value is -2.94. The van der Waals surface area contributed by atoms with Crippen molar-refractivity contribution in [1.82, 2.24) is 10.6 Å². The highest BCUT2D eigenvalue weighted by Crippen LogP contribution is 2.35. The largest absolute Gasteiger partial charge is 0.497 e. The average molecular weight is 389 g/mol. The van der Waals surface area contributed by atoms with E-state index in [1.54, 1.807) is 7.11 Å². The maximum Gasteiger partial charge on any atom is 0.119 e. The lowest BCUT2D eigenvalue weighted by Crippen LogP contribution is -2.45. The number of hydrogen-bond donors (Lipinski definition) is 2. The van der Waals surface area contributed by atoms with Crippen molar-refractivity contribution < 1.29 is 4.74 Å². The van der Waals surface area contributed by atoms with E-state index in [4.69, 9.17) is 4.74 Å². The quantitative estimate of drug-likeness (QED) is 0.557. The van der Waals surface area contributed by atoms with Crippen LogP contribution in [0.2, 0.25) is 0 Å². The summed E-state index contributed by atoms with van der Waals surface area (Å²) >= 11 is 0. The Morgan fingerprint density at radius 3 is 2.52 bits per heavy atom. The van der Waals surface area contributed by atoms with Crippen molar-refractivity contribution in [2.75, 3.05) is 7.11 Å². The second-order valence-electron chi connectivity index (χ2n) is 8.10. The fourth-order valence-corrected chi connectivity index (χ4v) is 3.55. The number of hydrogen-bond acceptors (Lipinski definition) is 3. The molecule has 0 aromatic heterocycles. The van der Waals surface area contributed by atoms with E-state index in [0.717, 1.165) is 29.1 Å². The Balaban J connectivity index is 2.12. The first-order valence-corrected chi connectivity index (χ1v) is 10.2. The molecule has 0 saturated carbocycles. The van der Waals surface area contributed by atoms with Gasteiger partial charge in [-0.1, -0.05) is 69.9 Å². The van der Waals surface area contributed by atoms with E-state index in [0.29, 0.717) is 0 Å². The number of benzene rings is 2. The van der Waals surface area contributed by atoms with E-state index in [9.17, 15) is 0 Å². The van der Waals surface area contributed by atoms with Gasteiger partial charge in [0, 0.05) is 11.0 Å². The molecular formula is C26H32N2O. The van der Waals surface area contributed by atoms with Crippen LogP contribution in [0.5, 0.6) is 5.75 Å². The molecule has 152 valence electrons. The van der Waals surface area contributed by atoms with Gasteiger partial charge in [-0.15, -0.1) is 0 Å². The minimum atomic E-state index is 0.104. The van der Waals surface area contributed by atoms with Gasteiger partial charge in [0.15, 0.2) is 0 Å². The Morgan fingerprint density at radius 2 is 1.86 bits per heavy atom. The maximum atomic E-state index is 5.36. The van der Waals surface area contributed by atoms with Crippen molar-refractivity contribution in [1.29, 1.82) is 0 Å². The molecule has 29 heavy (non-hydrogen) atoms. The summed E-state index contributed by atoms with van der Waals surface area (Å²) in [6, 6.07) is 12.8. The van der Waals surface area contributed by atoms with E-state index in [-0.39, 0.29) is 11.6 Å². The van der Waals surface area contributed by atoms with E-state index in [1.807, 2.05) is 19.1 Å². The van der Waals surface area contributed by atoms with Crippen LogP contribution in [0, 0.1) is 5.41 Å². The van der Waals surface area contributed by atoms with E-state index in [2.05, 4.69) is 86.5 Å². The van der Waals surface area contributed by atoms with Gasteiger partial charge in [0.05, 0.1) is 18.5 Å². The molecule has 0 aliphatic carbocycles. The molecule has 0 saturated heterocycles. The number of rotatable bonds is 7. The highest BCUT2D eigenvalue weighted by Gasteiger charge is 2.35. The normalized spacial score (nSPS) is 17.6. The van der Waals surface area contributed by atoms with E-state index < -0.39 is 0 Å². The molecule has 2 aromatic rings. The zero-order valence-electron chi connectivity index (χ0n) is 18.2. The molecule has 0 bridgehead atoms. The zero-order valence-corrected chi connectivity index (χ0v) is 18.2. The van der Waals surface area contributed by atoms with Gasteiger partial charge in [0.1, 0.15) is 11.9 Å². The molecule has 2 N–H and O–H groups in total. The molecule has 1 heterocycles. The van der Waals surface area contributed by atoms with Crippen LogP contribution in [0.3, 0.4) is 0 Å². The molecule has 0 spiro atoms. The SMILES string of the molecule is C=C/C=C(\C=C/C)C1=C(c2ccc3cc(OC)ccc3c2)NC(C(C)(C)CC)N1. The minimum Gasteiger partial charge on any atom is -0.497 e. The van der Waals surface area contributed by atoms with Crippen LogP contribution >= 0.6 is 0 Å². The smallest absolute Gasteiger partial charge is 0.119 e. The van der Waals surface area contributed by atoms with E-state index in [1.165, 1.54) is 16.3 Å². The van der Waals surface area contributed by atoms with Crippen LogP contribution in [0.4, 0.5) is 0 Å². The summed E-state index contributed by atoms with van der Waals surface area (Å²) in [5, 5.41) is 9.87. The molecule has 2 aromatic carbocycles. The molecule has 1 unspecified atom stereocenters. The van der Waals surface area contributed by atoms with Gasteiger partial charge < -0.3 is 15.4 Å². The van der Waals surface area contributed by atoms with Gasteiger partial charge >= 0.3 is 0 Å². The number of allylic oxidation sites excluding steroid dienone is 4. The third kappa shape index (κ3) is 4.24. The lowest BCUT2D eigenvalue weighted by atomic mass is 9.86. The first-order chi connectivity index (χ1) is 13.9. The number of nitrogens with one attached hydrogen (secondary N) is 2. The molecule has 0 amide bonds. The second kappa shape index (κ2) is 8.60. The van der Waals surface area contributed by atoms with Gasteiger partial charge in [-0.05, 0) is 47.9 Å². The highest BCUT2D eigenvalue weighted by atomic mass is 16.5. The molecule has 1 aliphatic heterocycles. The number of fused-ring (bicyclic) bond motifs is 1. The van der Waals surface area contributed by atoms with Gasteiger partial charge in [-0.2, -0.15) is 0 Å². The van der Waals surface area contributed by atoms with Crippen molar-refractivity contribution in [3.05, 3.63) is 84.1 Å². The van der Waals surface area contributed by atoms with E-state index >= 15 is 0 Å². The Labute approximate surface area is 174 Å². The van der Waals surface area contributed by atoms with Crippen LogP contribution in [0.1, 0.15) is 39.7 Å². The maximum absolute atomic E-state index is 5.36. The van der Waals surface area contributed by atoms with Crippen molar-refractivity contribution in [3.63, 3.8) is 0 Å². The molecule has 3 heteroatoms. The summed E-state index contributed by atoms with van der Waals surface area (Å²) in [5.41, 5.74) is 4.63. The van der Waals surface area contributed by atoms with Crippen molar-refractivity contribution >= 4 is 16.5 Å². The predicted molar refractivity (Wildman–Crippen MR) is 125 cm³/mol. The summed E-state index contributed by atoms with van der Waals surface area (Å²) in [5.74, 6) is 0.875. The summed E-state index contributed by atoms with van der Waals surface area (Å²) in [6.07, 6.45) is 9.30. The van der Waals surface area contributed by atoms with Crippen molar-refractivity contribution in [2.45, 2.75) is 40.3 Å². The number of methoxy groups -OCH3 is 1. The summed E-state index contributed by atoms with van der Waals surface area (Å²) in [6.45, 7) is 12.7. The summed E-state index contributed by atoms with van der Waals surface area (Å²) in [4.78, 5) is 0. The standard InChI is InChI=1S/C26H32N2O/c1-7-10-18(11-8-2)23-24(28-25(27-23)26(4,5)9-3)21-13-12-20-17-22(29-6)15-14-19(20)16-21/h7-8,10-17,25,27-28H,1,9H2,2-6H3/b11-8-,18-10+. The minimum absolute atomic E-state index is 0.104. The van der Waals surface area contributed by atoms with Gasteiger partial charge in [0.2, 0.25) is 0 Å². The third-order valence-electron chi connectivity index (χ3n) is 5.79. The number of ether oxygens (including phenoxy) is 1. The molecule has 0 fully saturated rings. The lowest BCUT2D eigenvalue weighted by Gasteiger charge is -2.32. The first-order valence-electron chi connectivity index (χ1n) is 10.2. The van der Waals surface area contributed by atoms with Crippen LogP contribution in [-0.4, -0.2) is 13.3 Å². The fourth-order valence-electron chi connectivity index (χ4n) is 3.55. The molecule has 1 atom stereocenters. The van der Waals surface area contributed by atoms with Crippen LogP contribution in [-0.2, 0) is 0 Å². The zero-order chi connectivity index (χ0) is 21.0. The van der Waals surface area contributed by atoms with Gasteiger partial charge in [-0.25, -0.2) is 0 Å². The molecule has 0 radical (unpaired) electrons. The highest BCUT2D eigenvalue weighted by molar-refractivity contribution is 5.88. The van der Waals surface area contributed by atoms with Gasteiger partial charge in [-0.3, -0.25) is 0 Å². The third-order valence-corrected chi connectivity index (χ3v) is 5.79. The van der Waals surface area contributed by atoms with Crippen LogP contribution < -0.4 is 15.4 Å². The Bertz CT molecular complexity index is 995. The first kappa shape index (κ1) is 20.8. The Morgan fingerprint density at radius 1 is 1.14 bits per heavy atom. The topological polar surface area (TPSA) is 33.3 Å². The summed E-state index contributed by atoms with van der Waals surface area (Å²) in [7, 11) is 1.70. The Kier molecular flexibility index (Phi) is 6.17. The van der Waals surface area contributed by atoms with Crippen LogP contribution in [0.15, 0.2) is 78.6 Å². The van der Waals surface area contributed by atoms with Crippen molar-refractivity contribution in [2.24, 2.45) is 5.41 Å². The summed E-state index contributed by atoms with van der Waals surface area (Å²) < 4.78 is 5.36. The lowest BCUT2D eigenvalue weighted by molar-refractivity contribution is 0.238. The molecule has 1 aliphatic rings. The van der Waals surface area contributed by atoms with Crippen molar-refractivity contribution in [3.8, 4) is 5.75 Å². The predicted octanol–water partition coefficient (Wildman–Crippen LogP) is 6.16. The second-order valence-corrected chi connectivity index (χ2v) is 8.10.